The van der Waals surface area contributed by atoms with E-state index in [0.29, 0.717) is 15.4 Å². The summed E-state index contributed by atoms with van der Waals surface area (Å²) in [6.45, 7) is -0.652. The zero-order valence-corrected chi connectivity index (χ0v) is 19.1. The van der Waals surface area contributed by atoms with E-state index >= 15 is 0 Å². The Hall–Kier alpha value is -1.96. The number of halogens is 2. The maximum atomic E-state index is 12.5. The first-order valence-corrected chi connectivity index (χ1v) is 11.7. The van der Waals surface area contributed by atoms with E-state index in [1.54, 1.807) is 12.1 Å². The molecule has 1 saturated heterocycles. The van der Waals surface area contributed by atoms with Crippen LogP contribution in [0.2, 0.25) is 5.02 Å². The molecule has 172 valence electrons. The van der Waals surface area contributed by atoms with Crippen LogP contribution in [-0.4, -0.2) is 54.6 Å². The molecule has 15 heteroatoms. The van der Waals surface area contributed by atoms with Crippen molar-refractivity contribution in [1.29, 1.82) is 0 Å². The number of fused-ring (bicyclic) bond motifs is 1. The van der Waals surface area contributed by atoms with E-state index in [2.05, 4.69) is 20.9 Å². The highest BCUT2D eigenvalue weighted by Crippen LogP contribution is 2.48. The predicted molar refractivity (Wildman–Crippen MR) is 115 cm³/mol. The number of nitrogens with one attached hydrogen (secondary N) is 2. The molecule has 0 aliphatic carbocycles. The number of aromatic amines is 2. The van der Waals surface area contributed by atoms with Crippen molar-refractivity contribution in [3.8, 4) is 5.75 Å². The Morgan fingerprint density at radius 2 is 2.00 bits per heavy atom. The van der Waals surface area contributed by atoms with Gasteiger partial charge in [-0.2, -0.15) is 0 Å². The number of phosphoric ester groups is 1. The standard InChI is InChI=1S/C17H16BrClN3O9P/c18-7-1-2-8-12(13(7)19)9(5-20-8)31-32(27,28)29-6-10-14(24)15(25)16(30-10)22-4-3-11(23)21-17(22)26/h1-5,10,14-16,20,24-25H,6H2,(H,27,28)(H,21,23,26)/t10-,14-,15-,16-/m1/s1. The van der Waals surface area contributed by atoms with Crippen LogP contribution >= 0.6 is 35.4 Å². The third-order valence-corrected chi connectivity index (χ3v) is 6.96. The summed E-state index contributed by atoms with van der Waals surface area (Å²) < 4.78 is 29.3. The summed E-state index contributed by atoms with van der Waals surface area (Å²) in [5, 5.41) is 21.0. The molecular formula is C17H16BrClN3O9P. The molecule has 1 aliphatic rings. The van der Waals surface area contributed by atoms with Gasteiger partial charge in [0, 0.05) is 22.9 Å². The van der Waals surface area contributed by atoms with Crippen LogP contribution in [0.4, 0.5) is 0 Å². The summed E-state index contributed by atoms with van der Waals surface area (Å²) in [7, 11) is -4.71. The van der Waals surface area contributed by atoms with E-state index in [1.807, 2.05) is 4.98 Å². The fourth-order valence-corrected chi connectivity index (χ4v) is 4.61. The van der Waals surface area contributed by atoms with Crippen LogP contribution in [0.15, 0.2) is 44.7 Å². The van der Waals surface area contributed by atoms with Crippen molar-refractivity contribution >= 4 is 46.3 Å². The van der Waals surface area contributed by atoms with Crippen molar-refractivity contribution in [2.24, 2.45) is 0 Å². The minimum absolute atomic E-state index is 0.0391. The van der Waals surface area contributed by atoms with Gasteiger partial charge in [0.25, 0.3) is 5.56 Å². The van der Waals surface area contributed by atoms with Crippen LogP contribution in [0.25, 0.3) is 10.9 Å². The number of rotatable bonds is 6. The fraction of sp³-hybridized carbons (Fsp3) is 0.294. The van der Waals surface area contributed by atoms with Gasteiger partial charge in [0.2, 0.25) is 0 Å². The van der Waals surface area contributed by atoms with Gasteiger partial charge in [-0.3, -0.25) is 23.8 Å². The van der Waals surface area contributed by atoms with E-state index in [9.17, 15) is 29.3 Å². The summed E-state index contributed by atoms with van der Waals surface area (Å²) in [4.78, 5) is 38.1. The lowest BCUT2D eigenvalue weighted by Crippen LogP contribution is -2.37. The normalized spacial score (nSPS) is 25.2. The number of phosphoric acid groups is 1. The molecule has 0 radical (unpaired) electrons. The number of ether oxygens (including phenoxy) is 1. The molecule has 4 rings (SSSR count). The second-order valence-corrected chi connectivity index (χ2v) is 9.47. The molecule has 3 aromatic rings. The highest BCUT2D eigenvalue weighted by Gasteiger charge is 2.45. The van der Waals surface area contributed by atoms with Gasteiger partial charge in [0.1, 0.15) is 18.3 Å². The summed E-state index contributed by atoms with van der Waals surface area (Å²) in [6, 6.07) is 4.41. The van der Waals surface area contributed by atoms with Crippen molar-refractivity contribution < 1.29 is 33.5 Å². The van der Waals surface area contributed by atoms with Crippen LogP contribution in [-0.2, 0) is 13.8 Å². The lowest BCUT2D eigenvalue weighted by molar-refractivity contribution is -0.0540. The summed E-state index contributed by atoms with van der Waals surface area (Å²) in [5.41, 5.74) is -0.962. The highest BCUT2D eigenvalue weighted by atomic mass is 79.9. The molecule has 1 aromatic carbocycles. The Kier molecular flexibility index (Phi) is 6.36. The van der Waals surface area contributed by atoms with Gasteiger partial charge in [-0.1, -0.05) is 11.6 Å². The second kappa shape index (κ2) is 8.76. The molecule has 1 fully saturated rings. The lowest BCUT2D eigenvalue weighted by atomic mass is 10.1. The second-order valence-electron chi connectivity index (χ2n) is 6.86. The Labute approximate surface area is 192 Å². The van der Waals surface area contributed by atoms with Gasteiger partial charge >= 0.3 is 13.5 Å². The van der Waals surface area contributed by atoms with Crippen LogP contribution in [0.5, 0.6) is 5.75 Å². The first-order valence-electron chi connectivity index (χ1n) is 9.02. The van der Waals surface area contributed by atoms with Crippen LogP contribution in [0.3, 0.4) is 0 Å². The van der Waals surface area contributed by atoms with Gasteiger partial charge < -0.3 is 24.5 Å². The number of aromatic nitrogens is 3. The first-order chi connectivity index (χ1) is 15.1. The van der Waals surface area contributed by atoms with Crippen molar-refractivity contribution in [2.75, 3.05) is 6.61 Å². The van der Waals surface area contributed by atoms with E-state index in [4.69, 9.17) is 25.4 Å². The molecule has 5 N–H and O–H groups in total. The Morgan fingerprint density at radius 1 is 1.25 bits per heavy atom. The molecule has 0 amide bonds. The fourth-order valence-electron chi connectivity index (χ4n) is 3.24. The Morgan fingerprint density at radius 3 is 2.72 bits per heavy atom. The van der Waals surface area contributed by atoms with Crippen molar-refractivity contribution in [1.82, 2.24) is 14.5 Å². The molecule has 5 atom stereocenters. The maximum Gasteiger partial charge on any atom is 0.527 e. The van der Waals surface area contributed by atoms with Gasteiger partial charge in [0.05, 0.1) is 22.5 Å². The van der Waals surface area contributed by atoms with Crippen LogP contribution in [0.1, 0.15) is 6.23 Å². The minimum Gasteiger partial charge on any atom is -0.402 e. The lowest BCUT2D eigenvalue weighted by Gasteiger charge is -2.18. The number of aliphatic hydroxyl groups excluding tert-OH is 2. The zero-order valence-electron chi connectivity index (χ0n) is 15.8. The summed E-state index contributed by atoms with van der Waals surface area (Å²) in [5.74, 6) is -0.0391. The summed E-state index contributed by atoms with van der Waals surface area (Å²) >= 11 is 9.48. The molecular weight excluding hydrogens is 537 g/mol. The number of nitrogens with zero attached hydrogens (tertiary/aromatic N) is 1. The van der Waals surface area contributed by atoms with Crippen molar-refractivity contribution in [3.05, 3.63) is 60.9 Å². The molecule has 1 aliphatic heterocycles. The average molecular weight is 553 g/mol. The number of H-pyrrole nitrogens is 2. The molecule has 1 unspecified atom stereocenters. The number of benzene rings is 1. The number of aliphatic hydroxyl groups is 2. The smallest absolute Gasteiger partial charge is 0.402 e. The summed E-state index contributed by atoms with van der Waals surface area (Å²) in [6.07, 6.45) is -3.35. The van der Waals surface area contributed by atoms with E-state index < -0.39 is 50.2 Å². The average Bonchev–Trinajstić information content (AvgIpc) is 3.25. The third-order valence-electron chi connectivity index (χ3n) is 4.78. The van der Waals surface area contributed by atoms with Crippen LogP contribution < -0.4 is 15.8 Å². The SMILES string of the molecule is O=c1ccn([C@@H]2O[C@H](COP(=O)(O)Oc3c[nH]c4ccc(Br)c(Cl)c34)[C@@H](O)[C@H]2O)c(=O)[nH]1. The minimum atomic E-state index is -4.71. The molecule has 3 heterocycles. The molecule has 0 bridgehead atoms. The first kappa shape index (κ1) is 23.2. The van der Waals surface area contributed by atoms with E-state index in [-0.39, 0.29) is 10.8 Å². The van der Waals surface area contributed by atoms with Gasteiger partial charge in [-0.25, -0.2) is 9.36 Å². The number of hydrogen-bond acceptors (Lipinski definition) is 8. The molecule has 0 saturated carbocycles. The maximum absolute atomic E-state index is 12.5. The zero-order chi connectivity index (χ0) is 23.2. The third kappa shape index (κ3) is 4.43. The number of hydrogen-bond donors (Lipinski definition) is 5. The van der Waals surface area contributed by atoms with Gasteiger partial charge in [0.15, 0.2) is 12.0 Å². The molecule has 12 nitrogen and oxygen atoms in total. The predicted octanol–water partition coefficient (Wildman–Crippen LogP) is 1.25. The quantitative estimate of drug-likeness (QED) is 0.282. The van der Waals surface area contributed by atoms with Gasteiger partial charge in [-0.05, 0) is 28.1 Å². The van der Waals surface area contributed by atoms with Crippen molar-refractivity contribution in [2.45, 2.75) is 24.5 Å². The Bertz CT molecular complexity index is 1320. The highest BCUT2D eigenvalue weighted by molar-refractivity contribution is 9.10. The van der Waals surface area contributed by atoms with E-state index in [1.165, 1.54) is 6.20 Å². The topological polar surface area (TPSA) is 176 Å². The molecule has 0 spiro atoms. The van der Waals surface area contributed by atoms with E-state index in [0.717, 1.165) is 16.8 Å². The largest absolute Gasteiger partial charge is 0.527 e. The van der Waals surface area contributed by atoms with Crippen molar-refractivity contribution in [3.63, 3.8) is 0 Å². The van der Waals surface area contributed by atoms with Crippen LogP contribution in [0, 0.1) is 0 Å². The van der Waals surface area contributed by atoms with Gasteiger partial charge in [-0.15, -0.1) is 0 Å². The molecule has 32 heavy (non-hydrogen) atoms. The Balaban J connectivity index is 1.47. The molecule has 2 aromatic heterocycles. The monoisotopic (exact) mass is 551 g/mol.